The van der Waals surface area contributed by atoms with E-state index in [-0.39, 0.29) is 12.0 Å². The number of alkyl halides is 1. The second-order valence-electron chi connectivity index (χ2n) is 8.46. The summed E-state index contributed by atoms with van der Waals surface area (Å²) in [6.07, 6.45) is 2.15. The van der Waals surface area contributed by atoms with Crippen LogP contribution in [0.3, 0.4) is 0 Å². The lowest BCUT2D eigenvalue weighted by molar-refractivity contribution is 0.198. The van der Waals surface area contributed by atoms with Gasteiger partial charge in [0.05, 0.1) is 17.8 Å². The minimum atomic E-state index is -0.888. The zero-order valence-electron chi connectivity index (χ0n) is 17.3. The summed E-state index contributed by atoms with van der Waals surface area (Å²) in [5.41, 5.74) is 3.07. The summed E-state index contributed by atoms with van der Waals surface area (Å²) in [4.78, 5) is 11.3. The Bertz CT molecular complexity index is 1080. The monoisotopic (exact) mass is 410 g/mol. The summed E-state index contributed by atoms with van der Waals surface area (Å²) in [7, 11) is 0. The van der Waals surface area contributed by atoms with E-state index in [1.54, 1.807) is 0 Å². The van der Waals surface area contributed by atoms with Crippen LogP contribution < -0.4 is 10.2 Å². The van der Waals surface area contributed by atoms with Gasteiger partial charge in [0.2, 0.25) is 0 Å². The number of aromatic nitrogens is 4. The first-order valence-corrected chi connectivity index (χ1v) is 10.6. The molecule has 2 fully saturated rings. The van der Waals surface area contributed by atoms with Gasteiger partial charge in [0.1, 0.15) is 17.8 Å². The third kappa shape index (κ3) is 3.44. The van der Waals surface area contributed by atoms with Crippen molar-refractivity contribution in [1.82, 2.24) is 25.1 Å². The molecule has 0 radical (unpaired) electrons. The maximum atomic E-state index is 14.6. The summed E-state index contributed by atoms with van der Waals surface area (Å²) in [5, 5.41) is 18.6. The molecule has 0 aliphatic carbocycles. The van der Waals surface area contributed by atoms with Gasteiger partial charge in [-0.25, -0.2) is 19.0 Å². The number of rotatable bonds is 3. The molecule has 8 heteroatoms. The van der Waals surface area contributed by atoms with Crippen LogP contribution in [0.2, 0.25) is 0 Å². The van der Waals surface area contributed by atoms with Crippen molar-refractivity contribution in [3.05, 3.63) is 41.3 Å². The number of anilines is 1. The maximum absolute atomic E-state index is 14.6. The standard InChI is InChI=1S/C22H27FN6O/c1-13-7-15-10-25-29(20(15)8-18(13)17-3-5-24-11-19(17)23)22-9-21(26-14(2)27-22)28-6-4-16(30)12-28/h7-10,16-17,19,24,30H,3-6,11-12H2,1-2H3/t16-,17+,19+/m1/s1. The molecule has 5 rings (SSSR count). The van der Waals surface area contributed by atoms with Crippen molar-refractivity contribution in [3.63, 3.8) is 0 Å². The zero-order valence-corrected chi connectivity index (χ0v) is 17.3. The number of β-amino-alcohol motifs (C(OH)–C–C–N with tert-alkyl or cyclic N) is 1. The van der Waals surface area contributed by atoms with Crippen LogP contribution >= 0.6 is 0 Å². The Hall–Kier alpha value is -2.58. The van der Waals surface area contributed by atoms with Crippen molar-refractivity contribution in [2.24, 2.45) is 0 Å². The third-order valence-corrected chi connectivity index (χ3v) is 6.28. The summed E-state index contributed by atoms with van der Waals surface area (Å²) in [5.74, 6) is 2.04. The van der Waals surface area contributed by atoms with Crippen LogP contribution in [-0.2, 0) is 0 Å². The molecular formula is C22H27FN6O. The molecule has 0 spiro atoms. The minimum absolute atomic E-state index is 0.104. The van der Waals surface area contributed by atoms with Gasteiger partial charge in [0.15, 0.2) is 5.82 Å². The predicted octanol–water partition coefficient (Wildman–Crippen LogP) is 2.42. The largest absolute Gasteiger partial charge is 0.391 e. The number of nitrogens with zero attached hydrogens (tertiary/aromatic N) is 5. The number of hydrogen-bond donors (Lipinski definition) is 2. The predicted molar refractivity (Wildman–Crippen MR) is 114 cm³/mol. The number of aryl methyl sites for hydroxylation is 2. The SMILES string of the molecule is Cc1nc(N2CC[C@@H](O)C2)cc(-n2ncc3cc(C)c([C@@H]4CCNC[C@@H]4F)cc32)n1. The lowest BCUT2D eigenvalue weighted by Gasteiger charge is -2.28. The minimum Gasteiger partial charge on any atom is -0.391 e. The first kappa shape index (κ1) is 19.4. The Kier molecular flexibility index (Phi) is 4.91. The van der Waals surface area contributed by atoms with E-state index in [0.717, 1.165) is 53.8 Å². The number of aliphatic hydroxyl groups is 1. The Morgan fingerprint density at radius 2 is 1.97 bits per heavy atom. The van der Waals surface area contributed by atoms with E-state index in [4.69, 9.17) is 0 Å². The van der Waals surface area contributed by atoms with Crippen molar-refractivity contribution in [3.8, 4) is 5.82 Å². The highest BCUT2D eigenvalue weighted by Crippen LogP contribution is 2.33. The van der Waals surface area contributed by atoms with Gasteiger partial charge in [0, 0.05) is 37.0 Å². The van der Waals surface area contributed by atoms with Crippen LogP contribution in [0.15, 0.2) is 24.4 Å². The Morgan fingerprint density at radius 1 is 1.13 bits per heavy atom. The first-order chi connectivity index (χ1) is 14.5. The van der Waals surface area contributed by atoms with Crippen LogP contribution in [0.4, 0.5) is 10.2 Å². The van der Waals surface area contributed by atoms with E-state index in [0.29, 0.717) is 24.7 Å². The van der Waals surface area contributed by atoms with E-state index in [9.17, 15) is 9.50 Å². The molecule has 30 heavy (non-hydrogen) atoms. The van der Waals surface area contributed by atoms with E-state index < -0.39 is 6.17 Å². The van der Waals surface area contributed by atoms with Crippen molar-refractivity contribution >= 4 is 16.7 Å². The van der Waals surface area contributed by atoms with E-state index in [1.165, 1.54) is 0 Å². The quantitative estimate of drug-likeness (QED) is 0.691. The summed E-state index contributed by atoms with van der Waals surface area (Å²) in [6.45, 7) is 6.49. The van der Waals surface area contributed by atoms with Crippen LogP contribution in [0.5, 0.6) is 0 Å². The van der Waals surface area contributed by atoms with Gasteiger partial charge in [-0.1, -0.05) is 0 Å². The van der Waals surface area contributed by atoms with E-state index in [2.05, 4.69) is 37.4 Å². The number of piperidine rings is 1. The van der Waals surface area contributed by atoms with Gasteiger partial charge < -0.3 is 15.3 Å². The summed E-state index contributed by atoms with van der Waals surface area (Å²) >= 11 is 0. The van der Waals surface area contributed by atoms with E-state index >= 15 is 0 Å². The molecule has 0 saturated carbocycles. The molecule has 4 heterocycles. The number of nitrogens with one attached hydrogen (secondary N) is 1. The second-order valence-corrected chi connectivity index (χ2v) is 8.46. The molecule has 2 aromatic heterocycles. The lowest BCUT2D eigenvalue weighted by Crippen LogP contribution is -2.36. The maximum Gasteiger partial charge on any atom is 0.159 e. The van der Waals surface area contributed by atoms with Crippen LogP contribution in [0.1, 0.15) is 35.7 Å². The van der Waals surface area contributed by atoms with E-state index in [1.807, 2.05) is 30.8 Å². The van der Waals surface area contributed by atoms with Crippen molar-refractivity contribution in [2.75, 3.05) is 31.1 Å². The molecule has 2 aliphatic heterocycles. The topological polar surface area (TPSA) is 79.1 Å². The number of fused-ring (bicyclic) bond motifs is 1. The van der Waals surface area contributed by atoms with Gasteiger partial charge >= 0.3 is 0 Å². The molecule has 0 amide bonds. The van der Waals surface area contributed by atoms with Gasteiger partial charge in [-0.2, -0.15) is 5.10 Å². The van der Waals surface area contributed by atoms with Gasteiger partial charge in [-0.15, -0.1) is 0 Å². The molecule has 7 nitrogen and oxygen atoms in total. The highest BCUT2D eigenvalue weighted by Gasteiger charge is 2.28. The molecule has 2 aliphatic rings. The highest BCUT2D eigenvalue weighted by atomic mass is 19.1. The fourth-order valence-corrected chi connectivity index (χ4v) is 4.71. The smallest absolute Gasteiger partial charge is 0.159 e. The molecule has 0 bridgehead atoms. The number of halogens is 1. The molecule has 3 aromatic rings. The Labute approximate surface area is 174 Å². The molecule has 158 valence electrons. The van der Waals surface area contributed by atoms with Crippen molar-refractivity contribution in [2.45, 2.75) is 44.9 Å². The second kappa shape index (κ2) is 7.59. The number of hydrogen-bond acceptors (Lipinski definition) is 6. The zero-order chi connectivity index (χ0) is 20.8. The van der Waals surface area contributed by atoms with Crippen molar-refractivity contribution in [1.29, 1.82) is 0 Å². The number of benzene rings is 1. The van der Waals surface area contributed by atoms with Crippen LogP contribution in [0.25, 0.3) is 16.7 Å². The van der Waals surface area contributed by atoms with Crippen molar-refractivity contribution < 1.29 is 9.50 Å². The normalized spacial score (nSPS) is 24.7. The molecule has 1 aromatic carbocycles. The fraction of sp³-hybridized carbons (Fsp3) is 0.500. The van der Waals surface area contributed by atoms with Gasteiger partial charge in [0.25, 0.3) is 0 Å². The Balaban J connectivity index is 1.58. The molecule has 2 N–H and O–H groups in total. The highest BCUT2D eigenvalue weighted by molar-refractivity contribution is 5.82. The first-order valence-electron chi connectivity index (χ1n) is 10.6. The third-order valence-electron chi connectivity index (χ3n) is 6.28. The Morgan fingerprint density at radius 3 is 2.73 bits per heavy atom. The molecule has 2 saturated heterocycles. The lowest BCUT2D eigenvalue weighted by atomic mass is 9.85. The average Bonchev–Trinajstić information content (AvgIpc) is 3.33. The fourth-order valence-electron chi connectivity index (χ4n) is 4.71. The summed E-state index contributed by atoms with van der Waals surface area (Å²) in [6, 6.07) is 6.09. The molecular weight excluding hydrogens is 383 g/mol. The molecule has 0 unspecified atom stereocenters. The summed E-state index contributed by atoms with van der Waals surface area (Å²) < 4.78 is 16.5. The van der Waals surface area contributed by atoms with Crippen LogP contribution in [-0.4, -0.2) is 63.3 Å². The van der Waals surface area contributed by atoms with Crippen LogP contribution in [0, 0.1) is 13.8 Å². The molecule has 3 atom stereocenters. The van der Waals surface area contributed by atoms with Gasteiger partial charge in [-0.3, -0.25) is 0 Å². The number of aliphatic hydroxyl groups excluding tert-OH is 1. The van der Waals surface area contributed by atoms with Gasteiger partial charge in [-0.05, 0) is 56.5 Å². The average molecular weight is 410 g/mol.